The Kier molecular flexibility index (Phi) is 5.27. The minimum absolute atomic E-state index is 1.25. The van der Waals surface area contributed by atoms with Crippen LogP contribution < -0.4 is 5.19 Å². The van der Waals surface area contributed by atoms with Gasteiger partial charge in [0.15, 0.2) is 0 Å². The largest absolute Gasteiger partial charge is 0.132 e. The lowest BCUT2D eigenvalue weighted by molar-refractivity contribution is 0.766. The summed E-state index contributed by atoms with van der Waals surface area (Å²) in [6, 6.07) is 12.0. The van der Waals surface area contributed by atoms with Crippen LogP contribution in [0, 0.1) is 0 Å². The van der Waals surface area contributed by atoms with Crippen molar-refractivity contribution in [3.05, 3.63) is 54.9 Å². The molecule has 0 aliphatic rings. The molecule has 0 heterocycles. The lowest BCUT2D eigenvalue weighted by Gasteiger charge is -2.24. The number of hydrogen-bond donors (Lipinski definition) is 0. The summed E-state index contributed by atoms with van der Waals surface area (Å²) in [6.45, 7) is 10.3. The van der Waals surface area contributed by atoms with Gasteiger partial charge in [-0.15, -0.1) is 13.2 Å². The molecule has 1 heteroatoms. The van der Waals surface area contributed by atoms with E-state index >= 15 is 0 Å². The van der Waals surface area contributed by atoms with E-state index in [1.165, 1.54) is 30.5 Å². The van der Waals surface area contributed by atoms with Gasteiger partial charge in [-0.3, -0.25) is 0 Å². The van der Waals surface area contributed by atoms with E-state index in [0.717, 1.165) is 0 Å². The molecule has 0 fully saturated rings. The van der Waals surface area contributed by atoms with Crippen LogP contribution in [0.25, 0.3) is 0 Å². The van der Waals surface area contributed by atoms with Gasteiger partial charge in [-0.25, -0.2) is 0 Å². The first-order valence-electron chi connectivity index (χ1n) is 6.12. The number of benzene rings is 1. The van der Waals surface area contributed by atoms with Gasteiger partial charge in [-0.05, 0) is 6.04 Å². The Balaban J connectivity index is 2.88. The predicted octanol–water partition coefficient (Wildman–Crippen LogP) is 3.98. The third-order valence-corrected chi connectivity index (χ3v) is 7.28. The van der Waals surface area contributed by atoms with Crippen molar-refractivity contribution in [2.24, 2.45) is 0 Å². The maximum Gasteiger partial charge on any atom is 0.132 e. The standard InChI is InChI=1S/C15H22Si/c1-4-7-11-14-16(5-2,6-3)15-12-9-8-10-13-15/h5-6,8-10,12-13H,2-4,7,11,14H2,1H3. The summed E-state index contributed by atoms with van der Waals surface area (Å²) in [5.74, 6) is 0. The fourth-order valence-corrected chi connectivity index (χ4v) is 5.07. The SMILES string of the molecule is C=C[Si](C=C)(CCCCC)c1ccccc1. The van der Waals surface area contributed by atoms with Gasteiger partial charge in [0.2, 0.25) is 0 Å². The molecule has 0 amide bonds. The second kappa shape index (κ2) is 6.49. The highest BCUT2D eigenvalue weighted by atomic mass is 28.3. The molecule has 16 heavy (non-hydrogen) atoms. The van der Waals surface area contributed by atoms with Crippen LogP contribution in [0.2, 0.25) is 6.04 Å². The van der Waals surface area contributed by atoms with Crippen LogP contribution in [0.3, 0.4) is 0 Å². The molecule has 0 radical (unpaired) electrons. The van der Waals surface area contributed by atoms with Gasteiger partial charge in [0.25, 0.3) is 0 Å². The van der Waals surface area contributed by atoms with E-state index in [0.29, 0.717) is 0 Å². The van der Waals surface area contributed by atoms with Crippen LogP contribution in [0.4, 0.5) is 0 Å². The summed E-state index contributed by atoms with van der Waals surface area (Å²) in [5.41, 5.74) is 4.34. The molecule has 0 aliphatic carbocycles. The average Bonchev–Trinajstić information content (AvgIpc) is 2.36. The molecule has 0 aromatic heterocycles. The first kappa shape index (κ1) is 13.0. The molecule has 0 bridgehead atoms. The quantitative estimate of drug-likeness (QED) is 0.491. The summed E-state index contributed by atoms with van der Waals surface area (Å²) in [6.07, 6.45) is 3.87. The molecule has 1 rings (SSSR count). The smallest absolute Gasteiger partial charge is 0.106 e. The molecular formula is C15H22Si. The second-order valence-electron chi connectivity index (χ2n) is 4.27. The summed E-state index contributed by atoms with van der Waals surface area (Å²) in [7, 11) is -1.63. The Morgan fingerprint density at radius 3 is 2.19 bits per heavy atom. The van der Waals surface area contributed by atoms with E-state index in [4.69, 9.17) is 0 Å². The van der Waals surface area contributed by atoms with Gasteiger partial charge >= 0.3 is 0 Å². The zero-order valence-corrected chi connectivity index (χ0v) is 11.3. The maximum atomic E-state index is 4.05. The lowest BCUT2D eigenvalue weighted by Crippen LogP contribution is -2.44. The van der Waals surface area contributed by atoms with Crippen LogP contribution in [0.15, 0.2) is 54.9 Å². The highest BCUT2D eigenvalue weighted by molar-refractivity contribution is 6.99. The normalized spacial score (nSPS) is 11.1. The van der Waals surface area contributed by atoms with Crippen molar-refractivity contribution in [2.45, 2.75) is 32.2 Å². The summed E-state index contributed by atoms with van der Waals surface area (Å²) < 4.78 is 0. The van der Waals surface area contributed by atoms with Crippen molar-refractivity contribution in [2.75, 3.05) is 0 Å². The van der Waals surface area contributed by atoms with Crippen LogP contribution in [-0.4, -0.2) is 8.07 Å². The van der Waals surface area contributed by atoms with E-state index < -0.39 is 8.07 Å². The summed E-state index contributed by atoms with van der Waals surface area (Å²) >= 11 is 0. The van der Waals surface area contributed by atoms with E-state index in [1.807, 2.05) is 0 Å². The van der Waals surface area contributed by atoms with Gasteiger partial charge in [0, 0.05) is 0 Å². The third kappa shape index (κ3) is 2.95. The van der Waals surface area contributed by atoms with Crippen molar-refractivity contribution >= 4 is 13.3 Å². The van der Waals surface area contributed by atoms with Crippen LogP contribution in [0.5, 0.6) is 0 Å². The van der Waals surface area contributed by atoms with Crippen molar-refractivity contribution in [1.82, 2.24) is 0 Å². The topological polar surface area (TPSA) is 0 Å². The Bertz CT molecular complexity index is 319. The van der Waals surface area contributed by atoms with Crippen molar-refractivity contribution < 1.29 is 0 Å². The predicted molar refractivity (Wildman–Crippen MR) is 76.6 cm³/mol. The molecule has 0 saturated carbocycles. The Morgan fingerprint density at radius 2 is 1.69 bits per heavy atom. The molecule has 0 nitrogen and oxygen atoms in total. The molecule has 1 aromatic carbocycles. The minimum atomic E-state index is -1.63. The van der Waals surface area contributed by atoms with Crippen LogP contribution in [-0.2, 0) is 0 Å². The van der Waals surface area contributed by atoms with Gasteiger partial charge in [-0.2, -0.15) is 0 Å². The molecule has 0 aliphatic heterocycles. The Morgan fingerprint density at radius 1 is 1.06 bits per heavy atom. The fraction of sp³-hybridized carbons (Fsp3) is 0.333. The maximum absolute atomic E-state index is 4.05. The van der Waals surface area contributed by atoms with E-state index in [1.54, 1.807) is 0 Å². The van der Waals surface area contributed by atoms with E-state index in [2.05, 4.69) is 61.8 Å². The molecule has 0 saturated heterocycles. The first-order valence-corrected chi connectivity index (χ1v) is 8.48. The van der Waals surface area contributed by atoms with E-state index in [9.17, 15) is 0 Å². The summed E-state index contributed by atoms with van der Waals surface area (Å²) in [4.78, 5) is 0. The number of unbranched alkanes of at least 4 members (excludes halogenated alkanes) is 2. The van der Waals surface area contributed by atoms with Crippen LogP contribution in [0.1, 0.15) is 26.2 Å². The zero-order valence-electron chi connectivity index (χ0n) is 10.3. The van der Waals surface area contributed by atoms with Crippen molar-refractivity contribution in [3.8, 4) is 0 Å². The minimum Gasteiger partial charge on any atom is -0.106 e. The van der Waals surface area contributed by atoms with Gasteiger partial charge in [-0.1, -0.05) is 73.1 Å². The zero-order chi connectivity index (χ0) is 11.9. The average molecular weight is 230 g/mol. The molecular weight excluding hydrogens is 208 g/mol. The number of hydrogen-bond acceptors (Lipinski definition) is 0. The van der Waals surface area contributed by atoms with E-state index in [-0.39, 0.29) is 0 Å². The van der Waals surface area contributed by atoms with Gasteiger partial charge < -0.3 is 0 Å². The van der Waals surface area contributed by atoms with Gasteiger partial charge in [0.1, 0.15) is 8.07 Å². The lowest BCUT2D eigenvalue weighted by atomic mass is 10.3. The fourth-order valence-electron chi connectivity index (χ4n) is 2.08. The van der Waals surface area contributed by atoms with Crippen molar-refractivity contribution in [3.63, 3.8) is 0 Å². The molecule has 0 atom stereocenters. The third-order valence-electron chi connectivity index (χ3n) is 3.23. The first-order chi connectivity index (χ1) is 7.79. The highest BCUT2D eigenvalue weighted by Crippen LogP contribution is 2.17. The van der Waals surface area contributed by atoms with Gasteiger partial charge in [0.05, 0.1) is 0 Å². The molecule has 86 valence electrons. The van der Waals surface area contributed by atoms with Crippen molar-refractivity contribution in [1.29, 1.82) is 0 Å². The number of rotatable bonds is 7. The molecule has 1 aromatic rings. The summed E-state index contributed by atoms with van der Waals surface area (Å²) in [5, 5.41) is 1.44. The Hall–Kier alpha value is -1.08. The monoisotopic (exact) mass is 230 g/mol. The second-order valence-corrected chi connectivity index (χ2v) is 8.25. The molecule has 0 N–H and O–H groups in total. The highest BCUT2D eigenvalue weighted by Gasteiger charge is 2.27. The Labute approximate surface area is 101 Å². The van der Waals surface area contributed by atoms with Crippen LogP contribution >= 0.6 is 0 Å². The molecule has 0 unspecified atom stereocenters. The molecule has 0 spiro atoms.